The Morgan fingerprint density at radius 2 is 1.74 bits per heavy atom. The van der Waals surface area contributed by atoms with Gasteiger partial charge in [-0.3, -0.25) is 4.79 Å². The third-order valence-electron chi connectivity index (χ3n) is 2.45. The molecule has 98 valence electrons. The van der Waals surface area contributed by atoms with Crippen LogP contribution in [0.4, 0.5) is 0 Å². The number of phenolic OH excluding ortho intramolecular Hbond substituents is 1. The minimum atomic E-state index is -0.951. The van der Waals surface area contributed by atoms with Crippen molar-refractivity contribution in [1.82, 2.24) is 0 Å². The number of aliphatic carboxylic acids is 1. The molecule has 2 aromatic carbocycles. The zero-order valence-electron chi connectivity index (χ0n) is 9.84. The summed E-state index contributed by atoms with van der Waals surface area (Å²) in [6.07, 6.45) is -0.166. The van der Waals surface area contributed by atoms with Gasteiger partial charge in [0.05, 0.1) is 6.42 Å². The molecule has 2 rings (SSSR count). The van der Waals surface area contributed by atoms with E-state index in [-0.39, 0.29) is 12.2 Å². The first-order valence-electron chi connectivity index (χ1n) is 5.52. The minimum absolute atomic E-state index is 0.0258. The summed E-state index contributed by atoms with van der Waals surface area (Å²) in [5.74, 6) is -0.925. The maximum Gasteiger partial charge on any atom is 0.307 e. The highest BCUT2D eigenvalue weighted by Gasteiger charge is 2.07. The minimum Gasteiger partial charge on any atom is -0.508 e. The van der Waals surface area contributed by atoms with E-state index >= 15 is 0 Å². The van der Waals surface area contributed by atoms with E-state index in [0.717, 1.165) is 9.79 Å². The Morgan fingerprint density at radius 3 is 2.32 bits per heavy atom. The van der Waals surface area contributed by atoms with Crippen LogP contribution in [0.3, 0.4) is 0 Å². The smallest absolute Gasteiger partial charge is 0.307 e. The van der Waals surface area contributed by atoms with Crippen LogP contribution in [0.1, 0.15) is 5.56 Å². The van der Waals surface area contributed by atoms with E-state index in [4.69, 9.17) is 5.11 Å². The van der Waals surface area contributed by atoms with Crippen LogP contribution in [-0.4, -0.2) is 16.2 Å². The first-order valence-corrected chi connectivity index (χ1v) is 7.41. The highest BCUT2D eigenvalue weighted by atomic mass is 127. The van der Waals surface area contributed by atoms with Gasteiger partial charge < -0.3 is 10.2 Å². The Hall–Kier alpha value is -1.21. The number of carboxylic acid groups (broad SMARTS) is 1. The number of hydrogen-bond donors (Lipinski definition) is 2. The van der Waals surface area contributed by atoms with Crippen molar-refractivity contribution in [3.63, 3.8) is 0 Å². The van der Waals surface area contributed by atoms with Crippen molar-refractivity contribution in [3.05, 3.63) is 51.6 Å². The summed E-state index contributed by atoms with van der Waals surface area (Å²) in [5, 5.41) is 18.5. The van der Waals surface area contributed by atoms with E-state index in [0.29, 0.717) is 5.56 Å². The van der Waals surface area contributed by atoms with Crippen LogP contribution in [0, 0.1) is 3.57 Å². The largest absolute Gasteiger partial charge is 0.508 e. The van der Waals surface area contributed by atoms with Crippen molar-refractivity contribution >= 4 is 40.3 Å². The predicted molar refractivity (Wildman–Crippen MR) is 82.7 cm³/mol. The van der Waals surface area contributed by atoms with Gasteiger partial charge in [-0.1, -0.05) is 17.8 Å². The molecule has 0 amide bonds. The molecule has 0 unspecified atom stereocenters. The van der Waals surface area contributed by atoms with E-state index in [1.165, 1.54) is 15.3 Å². The van der Waals surface area contributed by atoms with Gasteiger partial charge in [0.25, 0.3) is 0 Å². The number of hydrogen-bond acceptors (Lipinski definition) is 3. The molecule has 0 saturated carbocycles. The second-order valence-corrected chi connectivity index (χ2v) is 6.31. The molecule has 19 heavy (non-hydrogen) atoms. The second-order valence-electron chi connectivity index (χ2n) is 3.92. The number of carboxylic acids is 1. The average Bonchev–Trinajstić information content (AvgIpc) is 2.35. The molecule has 0 aliphatic carbocycles. The normalized spacial score (nSPS) is 10.4. The average molecular weight is 386 g/mol. The Balaban J connectivity index is 2.15. The van der Waals surface area contributed by atoms with Crippen molar-refractivity contribution in [2.45, 2.75) is 16.2 Å². The Kier molecular flexibility index (Phi) is 4.71. The lowest BCUT2D eigenvalue weighted by Gasteiger charge is -2.06. The quantitative estimate of drug-likeness (QED) is 0.786. The molecule has 5 heteroatoms. The van der Waals surface area contributed by atoms with E-state index in [1.54, 1.807) is 12.1 Å². The van der Waals surface area contributed by atoms with Gasteiger partial charge in [-0.2, -0.15) is 0 Å². The van der Waals surface area contributed by atoms with Gasteiger partial charge in [0.15, 0.2) is 0 Å². The van der Waals surface area contributed by atoms with Gasteiger partial charge in [0.2, 0.25) is 0 Å². The molecular formula is C14H11IO3S. The third-order valence-corrected chi connectivity index (χ3v) is 4.16. The molecule has 0 bridgehead atoms. The highest BCUT2D eigenvalue weighted by Crippen LogP contribution is 2.31. The number of phenols is 1. The molecule has 0 aliphatic heterocycles. The van der Waals surface area contributed by atoms with E-state index in [1.807, 2.05) is 30.3 Å². The lowest BCUT2D eigenvalue weighted by Crippen LogP contribution is -2.00. The summed E-state index contributed by atoms with van der Waals surface area (Å²) in [5.41, 5.74) is 0.430. The number of benzene rings is 2. The molecule has 2 N–H and O–H groups in total. The van der Waals surface area contributed by atoms with Gasteiger partial charge in [0.1, 0.15) is 5.75 Å². The second kappa shape index (κ2) is 6.29. The van der Waals surface area contributed by atoms with Crippen LogP contribution < -0.4 is 0 Å². The molecule has 0 radical (unpaired) electrons. The topological polar surface area (TPSA) is 57.5 Å². The number of halogens is 1. The van der Waals surface area contributed by atoms with Crippen molar-refractivity contribution < 1.29 is 15.0 Å². The van der Waals surface area contributed by atoms with Crippen molar-refractivity contribution in [3.8, 4) is 5.75 Å². The van der Waals surface area contributed by atoms with E-state index < -0.39 is 5.97 Å². The number of rotatable bonds is 4. The van der Waals surface area contributed by atoms with Gasteiger partial charge >= 0.3 is 5.97 Å². The Morgan fingerprint density at radius 1 is 1.11 bits per heavy atom. The van der Waals surface area contributed by atoms with Gasteiger partial charge in [-0.15, -0.1) is 0 Å². The maximum atomic E-state index is 10.6. The summed E-state index contributed by atoms with van der Waals surface area (Å²) < 4.78 is 1.17. The molecule has 0 saturated heterocycles. The molecule has 0 fully saturated rings. The lowest BCUT2D eigenvalue weighted by molar-refractivity contribution is -0.136. The number of carbonyl (C=O) groups is 1. The van der Waals surface area contributed by atoms with E-state index in [9.17, 15) is 9.90 Å². The third kappa shape index (κ3) is 4.14. The summed E-state index contributed by atoms with van der Waals surface area (Å²) in [7, 11) is 0. The molecular weight excluding hydrogens is 375 g/mol. The molecule has 0 aromatic heterocycles. The molecule has 2 aromatic rings. The van der Waals surface area contributed by atoms with Crippen molar-refractivity contribution in [2.75, 3.05) is 0 Å². The van der Waals surface area contributed by atoms with Crippen molar-refractivity contribution in [2.24, 2.45) is 0 Å². The zero-order valence-corrected chi connectivity index (χ0v) is 12.8. The van der Waals surface area contributed by atoms with Crippen LogP contribution >= 0.6 is 34.4 Å². The van der Waals surface area contributed by atoms with Gasteiger partial charge in [-0.05, 0) is 59.0 Å². The van der Waals surface area contributed by atoms with Crippen LogP contribution in [0.25, 0.3) is 0 Å². The number of aromatic hydroxyl groups is 1. The molecule has 0 heterocycles. The Labute approximate surface area is 128 Å². The fourth-order valence-corrected chi connectivity index (χ4v) is 2.77. The summed E-state index contributed by atoms with van der Waals surface area (Å²) in [6.45, 7) is 0. The molecule has 0 aliphatic rings. The summed E-state index contributed by atoms with van der Waals surface area (Å²) in [4.78, 5) is 12.6. The van der Waals surface area contributed by atoms with Crippen LogP contribution in [-0.2, 0) is 11.2 Å². The zero-order chi connectivity index (χ0) is 13.8. The summed E-state index contributed by atoms with van der Waals surface area (Å²) >= 11 is 3.77. The van der Waals surface area contributed by atoms with Gasteiger partial charge in [-0.25, -0.2) is 0 Å². The fraction of sp³-hybridized carbons (Fsp3) is 0.0714. The Bertz CT molecular complexity index is 596. The highest BCUT2D eigenvalue weighted by molar-refractivity contribution is 14.1. The predicted octanol–water partition coefficient (Wildman–Crippen LogP) is 3.78. The molecule has 0 spiro atoms. The molecule has 3 nitrogen and oxygen atoms in total. The van der Waals surface area contributed by atoms with Crippen molar-refractivity contribution in [1.29, 1.82) is 0 Å². The lowest BCUT2D eigenvalue weighted by atomic mass is 10.1. The summed E-state index contributed by atoms with van der Waals surface area (Å²) in [6, 6.07) is 13.1. The molecule has 0 atom stereocenters. The monoisotopic (exact) mass is 386 g/mol. The fourth-order valence-electron chi connectivity index (χ4n) is 1.56. The first kappa shape index (κ1) is 14.2. The SMILES string of the molecule is O=C(O)Cc1ccc(Sc2ccc(I)cc2)cc1O. The van der Waals surface area contributed by atoms with Crippen LogP contribution in [0.5, 0.6) is 5.75 Å². The van der Waals surface area contributed by atoms with Crippen LogP contribution in [0.2, 0.25) is 0 Å². The first-order chi connectivity index (χ1) is 9.04. The van der Waals surface area contributed by atoms with E-state index in [2.05, 4.69) is 22.6 Å². The van der Waals surface area contributed by atoms with Crippen LogP contribution in [0.15, 0.2) is 52.3 Å². The van der Waals surface area contributed by atoms with Gasteiger partial charge in [0, 0.05) is 18.9 Å². The standard InChI is InChI=1S/C14H11IO3S/c15-10-2-5-11(6-3-10)19-12-4-1-9(7-14(17)18)13(16)8-12/h1-6,8,16H,7H2,(H,17,18). The maximum absolute atomic E-state index is 10.6.